The van der Waals surface area contributed by atoms with Crippen LogP contribution in [-0.4, -0.2) is 25.6 Å². The summed E-state index contributed by atoms with van der Waals surface area (Å²) in [6, 6.07) is 0. The van der Waals surface area contributed by atoms with Gasteiger partial charge in [0.2, 0.25) is 0 Å². The number of hydrogen-bond acceptors (Lipinski definition) is 4. The molecule has 76 valence electrons. The molecule has 0 aliphatic rings. The molecule has 1 aromatic rings. The minimum Gasteiger partial charge on any atom is -0.390 e. The molecule has 0 aliphatic carbocycles. The highest BCUT2D eigenvalue weighted by Crippen LogP contribution is 2.13. The number of hydrogen-bond donors (Lipinski definition) is 0. The molecule has 0 radical (unpaired) electrons. The minimum atomic E-state index is -0.662. The molecule has 0 bridgehead atoms. The van der Waals surface area contributed by atoms with Gasteiger partial charge in [0.1, 0.15) is 0 Å². The highest BCUT2D eigenvalue weighted by molar-refractivity contribution is 9.10. The van der Waals surface area contributed by atoms with E-state index in [1.165, 1.54) is 4.68 Å². The van der Waals surface area contributed by atoms with Gasteiger partial charge in [0.25, 0.3) is 4.73 Å². The van der Waals surface area contributed by atoms with Crippen LogP contribution in [0.2, 0.25) is 0 Å². The lowest BCUT2D eigenvalue weighted by Gasteiger charge is -1.97. The van der Waals surface area contributed by atoms with E-state index in [4.69, 9.17) is 11.6 Å². The van der Waals surface area contributed by atoms with E-state index in [9.17, 15) is 10.1 Å². The summed E-state index contributed by atoms with van der Waals surface area (Å²) in [6.45, 7) is 3.96. The average Bonchev–Trinajstić information content (AvgIpc) is 2.48. The summed E-state index contributed by atoms with van der Waals surface area (Å²) in [5, 5.41) is 14.0. The van der Waals surface area contributed by atoms with Crippen molar-refractivity contribution in [1.82, 2.24) is 14.8 Å². The molecule has 1 aromatic heterocycles. The third-order valence-corrected chi connectivity index (χ3v) is 2.31. The quantitative estimate of drug-likeness (QED) is 0.365. The summed E-state index contributed by atoms with van der Waals surface area (Å²) < 4.78 is 1.61. The van der Waals surface area contributed by atoms with Gasteiger partial charge in [-0.3, -0.25) is 0 Å². The number of allylic oxidation sites excluding steroid dienone is 1. The molecule has 0 amide bonds. The van der Waals surface area contributed by atoms with Gasteiger partial charge in [0, 0.05) is 26.9 Å². The molecule has 0 saturated carbocycles. The van der Waals surface area contributed by atoms with Crippen LogP contribution in [0.5, 0.6) is 0 Å². The van der Waals surface area contributed by atoms with Gasteiger partial charge in [-0.2, -0.15) is 4.68 Å². The molecule has 1 heterocycles. The van der Waals surface area contributed by atoms with Crippen molar-refractivity contribution in [2.75, 3.05) is 5.88 Å². The molecule has 0 unspecified atom stereocenters. The van der Waals surface area contributed by atoms with Crippen molar-refractivity contribution in [1.29, 1.82) is 0 Å². The van der Waals surface area contributed by atoms with Crippen molar-refractivity contribution in [2.45, 2.75) is 6.54 Å². The van der Waals surface area contributed by atoms with Crippen molar-refractivity contribution < 1.29 is 4.92 Å². The fourth-order valence-corrected chi connectivity index (χ4v) is 1.19. The Kier molecular flexibility index (Phi) is 3.59. The lowest BCUT2D eigenvalue weighted by molar-refractivity contribution is -0.394. The zero-order chi connectivity index (χ0) is 10.7. The number of aromatic nitrogens is 3. The molecule has 0 atom stereocenters. The molecule has 0 aliphatic heterocycles. The molecule has 8 heteroatoms. The normalized spacial score (nSPS) is 10.1. The number of alkyl halides is 1. The van der Waals surface area contributed by atoms with E-state index < -0.39 is 10.9 Å². The molecule has 6 nitrogen and oxygen atoms in total. The van der Waals surface area contributed by atoms with Crippen LogP contribution < -0.4 is 0 Å². The Balaban J connectivity index is 2.88. The van der Waals surface area contributed by atoms with E-state index in [0.717, 1.165) is 0 Å². The Bertz CT molecular complexity index is 378. The first-order valence-electron chi connectivity index (χ1n) is 3.52. The SMILES string of the molecule is C=C(CCl)Cn1nc([N+](=O)[O-])nc1Br. The number of halogens is 2. The summed E-state index contributed by atoms with van der Waals surface area (Å²) in [7, 11) is 0. The van der Waals surface area contributed by atoms with E-state index in [2.05, 4.69) is 32.6 Å². The monoisotopic (exact) mass is 280 g/mol. The highest BCUT2D eigenvalue weighted by Gasteiger charge is 2.19. The predicted molar refractivity (Wildman–Crippen MR) is 54.2 cm³/mol. The third-order valence-electron chi connectivity index (χ3n) is 1.34. The van der Waals surface area contributed by atoms with Crippen LogP contribution in [0.1, 0.15) is 0 Å². The van der Waals surface area contributed by atoms with E-state index >= 15 is 0 Å². The molecular formula is C6H6BrClN4O2. The molecule has 14 heavy (non-hydrogen) atoms. The molecule has 0 aromatic carbocycles. The summed E-state index contributed by atoms with van der Waals surface area (Å²) >= 11 is 8.56. The first kappa shape index (κ1) is 11.1. The van der Waals surface area contributed by atoms with Crippen molar-refractivity contribution in [3.05, 3.63) is 27.0 Å². The Morgan fingerprint density at radius 3 is 2.86 bits per heavy atom. The largest absolute Gasteiger partial charge is 0.492 e. The van der Waals surface area contributed by atoms with Crippen molar-refractivity contribution in [3.63, 3.8) is 0 Å². The number of nitro groups is 1. The summed E-state index contributed by atoms with van der Waals surface area (Å²) in [5.74, 6) is -0.167. The fraction of sp³-hybridized carbons (Fsp3) is 0.333. The van der Waals surface area contributed by atoms with Crippen LogP contribution in [-0.2, 0) is 6.54 Å². The Labute approximate surface area is 92.9 Å². The highest BCUT2D eigenvalue weighted by atomic mass is 79.9. The van der Waals surface area contributed by atoms with Gasteiger partial charge < -0.3 is 10.1 Å². The number of rotatable bonds is 4. The first-order chi connectivity index (χ1) is 6.54. The first-order valence-corrected chi connectivity index (χ1v) is 4.84. The maximum Gasteiger partial charge on any atom is 0.492 e. The average molecular weight is 281 g/mol. The lowest BCUT2D eigenvalue weighted by atomic mass is 10.3. The number of nitrogens with zero attached hydrogens (tertiary/aromatic N) is 4. The Morgan fingerprint density at radius 2 is 2.43 bits per heavy atom. The van der Waals surface area contributed by atoms with E-state index in [-0.39, 0.29) is 10.6 Å². The van der Waals surface area contributed by atoms with Gasteiger partial charge in [0.15, 0.2) is 0 Å². The van der Waals surface area contributed by atoms with E-state index in [1.807, 2.05) is 0 Å². The van der Waals surface area contributed by atoms with Crippen LogP contribution in [0.4, 0.5) is 5.95 Å². The topological polar surface area (TPSA) is 73.8 Å². The second-order valence-electron chi connectivity index (χ2n) is 2.48. The predicted octanol–water partition coefficient (Wildman–Crippen LogP) is 1.74. The van der Waals surface area contributed by atoms with Gasteiger partial charge in [-0.1, -0.05) is 6.58 Å². The van der Waals surface area contributed by atoms with Gasteiger partial charge >= 0.3 is 5.95 Å². The molecule has 1 rings (SSSR count). The van der Waals surface area contributed by atoms with Crippen LogP contribution in [0, 0.1) is 10.1 Å². The lowest BCUT2D eigenvalue weighted by Crippen LogP contribution is -2.04. The zero-order valence-corrected chi connectivity index (χ0v) is 9.32. The standard InChI is InChI=1S/C6H6BrClN4O2/c1-4(2-8)3-11-5(7)9-6(10-11)12(13)14/h1-3H2. The van der Waals surface area contributed by atoms with Gasteiger partial charge in [-0.15, -0.1) is 11.6 Å². The zero-order valence-electron chi connectivity index (χ0n) is 6.98. The van der Waals surface area contributed by atoms with E-state index in [0.29, 0.717) is 12.1 Å². The van der Waals surface area contributed by atoms with Crippen molar-refractivity contribution in [2.24, 2.45) is 0 Å². The van der Waals surface area contributed by atoms with Crippen molar-refractivity contribution >= 4 is 33.5 Å². The van der Waals surface area contributed by atoms with Gasteiger partial charge in [-0.05, 0) is 15.5 Å². The summed E-state index contributed by atoms with van der Waals surface area (Å²) in [6.07, 6.45) is 0. The second kappa shape index (κ2) is 4.52. The maximum absolute atomic E-state index is 10.3. The summed E-state index contributed by atoms with van der Waals surface area (Å²) in [4.78, 5) is 13.2. The second-order valence-corrected chi connectivity index (χ2v) is 3.46. The Hall–Kier alpha value is -0.950. The van der Waals surface area contributed by atoms with Crippen molar-refractivity contribution in [3.8, 4) is 0 Å². The van der Waals surface area contributed by atoms with Crippen LogP contribution >= 0.6 is 27.5 Å². The molecular weight excluding hydrogens is 275 g/mol. The molecule has 0 N–H and O–H groups in total. The minimum absolute atomic E-state index is 0.278. The van der Waals surface area contributed by atoms with Crippen LogP contribution in [0.3, 0.4) is 0 Å². The van der Waals surface area contributed by atoms with E-state index in [1.54, 1.807) is 0 Å². The van der Waals surface area contributed by atoms with Crippen LogP contribution in [0.25, 0.3) is 0 Å². The molecule has 0 fully saturated rings. The molecule has 0 saturated heterocycles. The third kappa shape index (κ3) is 2.52. The van der Waals surface area contributed by atoms with Gasteiger partial charge in [0.05, 0.1) is 6.54 Å². The Morgan fingerprint density at radius 1 is 1.79 bits per heavy atom. The van der Waals surface area contributed by atoms with Gasteiger partial charge in [-0.25, -0.2) is 0 Å². The fourth-order valence-electron chi connectivity index (χ4n) is 0.744. The summed E-state index contributed by atoms with van der Waals surface area (Å²) in [5.41, 5.74) is 0.701. The molecule has 0 spiro atoms. The van der Waals surface area contributed by atoms with Crippen LogP contribution in [0.15, 0.2) is 16.9 Å². The maximum atomic E-state index is 10.3. The smallest absolute Gasteiger partial charge is 0.390 e.